The summed E-state index contributed by atoms with van der Waals surface area (Å²) in [5, 5.41) is 10.8. The monoisotopic (exact) mass is 395 g/mol. The van der Waals surface area contributed by atoms with E-state index in [-0.39, 0.29) is 10.6 Å². The van der Waals surface area contributed by atoms with E-state index in [0.717, 1.165) is 29.9 Å². The summed E-state index contributed by atoms with van der Waals surface area (Å²) in [6.45, 7) is 7.45. The van der Waals surface area contributed by atoms with Crippen molar-refractivity contribution in [2.75, 3.05) is 39.3 Å². The number of nitro groups is 1. The number of hydrogen-bond acceptors (Lipinski definition) is 4. The van der Waals surface area contributed by atoms with Gasteiger partial charge in [-0.1, -0.05) is 25.0 Å². The van der Waals surface area contributed by atoms with Gasteiger partial charge in [0, 0.05) is 51.4 Å². The number of likely N-dealkylation sites (tertiary alicyclic amines) is 2. The number of rotatable bonds is 6. The first kappa shape index (κ1) is 19.3. The van der Waals surface area contributed by atoms with Crippen molar-refractivity contribution in [1.82, 2.24) is 9.80 Å². The normalized spacial score (nSPS) is 29.7. The smallest absolute Gasteiger partial charge is 0.269 e. The zero-order valence-electron chi connectivity index (χ0n) is 17.3. The van der Waals surface area contributed by atoms with E-state index in [2.05, 4.69) is 22.0 Å². The van der Waals surface area contributed by atoms with E-state index >= 15 is 0 Å². The van der Waals surface area contributed by atoms with Crippen molar-refractivity contribution in [3.8, 4) is 0 Å². The van der Waals surface area contributed by atoms with Crippen molar-refractivity contribution in [2.45, 2.75) is 38.5 Å². The van der Waals surface area contributed by atoms with Crippen LogP contribution in [-0.2, 0) is 0 Å². The van der Waals surface area contributed by atoms with Crippen LogP contribution in [0.25, 0.3) is 6.08 Å². The molecule has 2 bridgehead atoms. The molecule has 2 aliphatic carbocycles. The van der Waals surface area contributed by atoms with E-state index in [9.17, 15) is 10.1 Å². The highest BCUT2D eigenvalue weighted by Gasteiger charge is 2.54. The summed E-state index contributed by atoms with van der Waals surface area (Å²) >= 11 is 0. The number of piperidine rings is 2. The molecule has 5 heteroatoms. The molecule has 29 heavy (non-hydrogen) atoms. The van der Waals surface area contributed by atoms with E-state index in [4.69, 9.17) is 0 Å². The summed E-state index contributed by atoms with van der Waals surface area (Å²) in [5.74, 6) is 2.67. The molecule has 156 valence electrons. The van der Waals surface area contributed by atoms with Crippen LogP contribution in [0.15, 0.2) is 30.3 Å². The Balaban J connectivity index is 1.22. The molecule has 1 aromatic carbocycles. The molecule has 1 aromatic rings. The Bertz CT molecular complexity index is 747. The maximum Gasteiger partial charge on any atom is 0.269 e. The van der Waals surface area contributed by atoms with Crippen molar-refractivity contribution < 1.29 is 4.92 Å². The van der Waals surface area contributed by atoms with Gasteiger partial charge in [0.1, 0.15) is 0 Å². The van der Waals surface area contributed by atoms with Crippen LogP contribution in [0.4, 0.5) is 5.69 Å². The number of hydrogen-bond donors (Lipinski definition) is 0. The van der Waals surface area contributed by atoms with Crippen molar-refractivity contribution in [1.29, 1.82) is 0 Å². The number of nitro benzene ring substituents is 1. The Morgan fingerprint density at radius 3 is 2.21 bits per heavy atom. The molecule has 2 heterocycles. The van der Waals surface area contributed by atoms with Crippen molar-refractivity contribution in [3.05, 3.63) is 46.0 Å². The van der Waals surface area contributed by atoms with Crippen LogP contribution in [0.1, 0.15) is 44.1 Å². The van der Waals surface area contributed by atoms with Gasteiger partial charge >= 0.3 is 0 Å². The van der Waals surface area contributed by atoms with Crippen LogP contribution in [0.5, 0.6) is 0 Å². The lowest BCUT2D eigenvalue weighted by Crippen LogP contribution is -2.62. The molecule has 5 rings (SSSR count). The van der Waals surface area contributed by atoms with Gasteiger partial charge in [-0.05, 0) is 66.5 Å². The Hall–Kier alpha value is -1.72. The second-order valence-corrected chi connectivity index (χ2v) is 9.97. The average molecular weight is 396 g/mol. The van der Waals surface area contributed by atoms with Crippen molar-refractivity contribution in [3.63, 3.8) is 0 Å². The summed E-state index contributed by atoms with van der Waals surface area (Å²) in [6, 6.07) is 6.85. The number of nitrogens with zero attached hydrogens (tertiary/aromatic N) is 3. The summed E-state index contributed by atoms with van der Waals surface area (Å²) < 4.78 is 0. The molecular formula is C24H33N3O2. The van der Waals surface area contributed by atoms with E-state index in [1.165, 1.54) is 71.2 Å². The molecule has 0 aromatic heterocycles. The molecule has 0 radical (unpaired) electrons. The molecule has 2 saturated heterocycles. The zero-order chi connectivity index (χ0) is 19.8. The fourth-order valence-electron chi connectivity index (χ4n) is 6.43. The first-order chi connectivity index (χ1) is 14.1. The molecule has 2 atom stereocenters. The molecular weight excluding hydrogens is 362 g/mol. The standard InChI is InChI=1S/C24H33N3O2/c28-27(29)23-9-7-19(8-10-23)4-3-13-25-15-21-17-26(14-20-5-6-20)18-22(16-25)24(21)11-1-2-12-24/h3-4,7-10,20-22H,1-2,5-6,11-18H2. The van der Waals surface area contributed by atoms with Gasteiger partial charge in [0.05, 0.1) is 4.92 Å². The Labute approximate surface area is 173 Å². The maximum absolute atomic E-state index is 10.8. The number of benzene rings is 1. The minimum atomic E-state index is -0.342. The Morgan fingerprint density at radius 2 is 1.62 bits per heavy atom. The average Bonchev–Trinajstić information content (AvgIpc) is 3.38. The fraction of sp³-hybridized carbons (Fsp3) is 0.667. The summed E-state index contributed by atoms with van der Waals surface area (Å²) in [4.78, 5) is 15.9. The first-order valence-electron chi connectivity index (χ1n) is 11.5. The summed E-state index contributed by atoms with van der Waals surface area (Å²) in [6.07, 6.45) is 13.1. The second-order valence-electron chi connectivity index (χ2n) is 9.97. The third-order valence-electron chi connectivity index (χ3n) is 8.07. The first-order valence-corrected chi connectivity index (χ1v) is 11.5. The fourth-order valence-corrected chi connectivity index (χ4v) is 6.43. The highest BCUT2D eigenvalue weighted by molar-refractivity contribution is 5.51. The van der Waals surface area contributed by atoms with Crippen LogP contribution in [0.3, 0.4) is 0 Å². The van der Waals surface area contributed by atoms with Crippen LogP contribution in [-0.4, -0.2) is 54.0 Å². The van der Waals surface area contributed by atoms with Gasteiger partial charge in [0.25, 0.3) is 5.69 Å². The van der Waals surface area contributed by atoms with Crippen LogP contribution in [0.2, 0.25) is 0 Å². The molecule has 1 spiro atoms. The number of non-ortho nitro benzene ring substituents is 1. The Morgan fingerprint density at radius 1 is 1.00 bits per heavy atom. The molecule has 0 amide bonds. The molecule has 4 fully saturated rings. The predicted octanol–water partition coefficient (Wildman–Crippen LogP) is 4.44. The lowest BCUT2D eigenvalue weighted by molar-refractivity contribution is -0.384. The van der Waals surface area contributed by atoms with Gasteiger partial charge in [-0.2, -0.15) is 0 Å². The van der Waals surface area contributed by atoms with Crippen LogP contribution < -0.4 is 0 Å². The van der Waals surface area contributed by atoms with E-state index in [0.29, 0.717) is 5.41 Å². The second kappa shape index (κ2) is 7.84. The minimum Gasteiger partial charge on any atom is -0.302 e. The van der Waals surface area contributed by atoms with Gasteiger partial charge in [-0.3, -0.25) is 15.0 Å². The van der Waals surface area contributed by atoms with E-state index < -0.39 is 0 Å². The quantitative estimate of drug-likeness (QED) is 0.528. The maximum atomic E-state index is 10.8. The molecule has 2 unspecified atom stereocenters. The van der Waals surface area contributed by atoms with Gasteiger partial charge in [-0.15, -0.1) is 0 Å². The van der Waals surface area contributed by atoms with Crippen molar-refractivity contribution in [2.24, 2.45) is 23.2 Å². The third kappa shape index (κ3) is 3.99. The van der Waals surface area contributed by atoms with Crippen LogP contribution in [0, 0.1) is 33.3 Å². The van der Waals surface area contributed by atoms with E-state index in [1.807, 2.05) is 12.1 Å². The Kier molecular flexibility index (Phi) is 5.21. The predicted molar refractivity (Wildman–Crippen MR) is 116 cm³/mol. The molecule has 5 nitrogen and oxygen atoms in total. The lowest BCUT2D eigenvalue weighted by atomic mass is 9.60. The van der Waals surface area contributed by atoms with Gasteiger partial charge in [0.15, 0.2) is 0 Å². The molecule has 2 saturated carbocycles. The van der Waals surface area contributed by atoms with Crippen LogP contribution >= 0.6 is 0 Å². The lowest BCUT2D eigenvalue weighted by Gasteiger charge is -2.57. The third-order valence-corrected chi connectivity index (χ3v) is 8.07. The highest BCUT2D eigenvalue weighted by Crippen LogP contribution is 2.55. The molecule has 4 aliphatic rings. The summed E-state index contributed by atoms with van der Waals surface area (Å²) in [7, 11) is 0. The molecule has 0 N–H and O–H groups in total. The van der Waals surface area contributed by atoms with E-state index in [1.54, 1.807) is 12.1 Å². The minimum absolute atomic E-state index is 0.156. The topological polar surface area (TPSA) is 49.6 Å². The van der Waals surface area contributed by atoms with Gasteiger partial charge < -0.3 is 4.90 Å². The largest absolute Gasteiger partial charge is 0.302 e. The van der Waals surface area contributed by atoms with Crippen molar-refractivity contribution >= 4 is 11.8 Å². The van der Waals surface area contributed by atoms with Gasteiger partial charge in [-0.25, -0.2) is 0 Å². The highest BCUT2D eigenvalue weighted by atomic mass is 16.6. The summed E-state index contributed by atoms with van der Waals surface area (Å²) in [5.41, 5.74) is 1.83. The molecule has 2 aliphatic heterocycles. The van der Waals surface area contributed by atoms with Gasteiger partial charge in [0.2, 0.25) is 0 Å². The SMILES string of the molecule is O=[N+]([O-])c1ccc(C=CCN2CC3CN(CC4CC4)CC(C2)C32CCCC2)cc1. The zero-order valence-corrected chi connectivity index (χ0v) is 17.3.